The molecule has 3 fully saturated rings. The quantitative estimate of drug-likeness (QED) is 0.770. The summed E-state index contributed by atoms with van der Waals surface area (Å²) in [6, 6.07) is 0.149. The first-order valence-corrected chi connectivity index (χ1v) is 7.87. The molecule has 0 N–H and O–H groups in total. The highest BCUT2D eigenvalue weighted by Crippen LogP contribution is 2.28. The lowest BCUT2D eigenvalue weighted by Gasteiger charge is -2.37. The van der Waals surface area contributed by atoms with Crippen molar-refractivity contribution in [1.82, 2.24) is 14.9 Å². The van der Waals surface area contributed by atoms with Gasteiger partial charge in [0.05, 0.1) is 24.9 Å². The average molecular weight is 304 g/mol. The van der Waals surface area contributed by atoms with Crippen molar-refractivity contribution in [3.8, 4) is 0 Å². The second kappa shape index (κ2) is 5.81. The van der Waals surface area contributed by atoms with Gasteiger partial charge >= 0.3 is 0 Å². The van der Waals surface area contributed by atoms with E-state index in [2.05, 4.69) is 14.9 Å². The van der Waals surface area contributed by atoms with Crippen molar-refractivity contribution in [2.45, 2.75) is 31.1 Å². The first-order valence-electron chi connectivity index (χ1n) is 7.87. The molecule has 3 atom stereocenters. The average Bonchev–Trinajstić information content (AvgIpc) is 3.24. The Morgan fingerprint density at radius 2 is 2.18 bits per heavy atom. The van der Waals surface area contributed by atoms with E-state index in [4.69, 9.17) is 9.47 Å². The minimum absolute atomic E-state index is 0.0427. The van der Waals surface area contributed by atoms with E-state index in [0.717, 1.165) is 25.2 Å². The van der Waals surface area contributed by atoms with Crippen LogP contribution in [0.2, 0.25) is 0 Å². The number of amides is 1. The van der Waals surface area contributed by atoms with E-state index in [1.807, 2.05) is 4.90 Å². The molecule has 0 aliphatic carbocycles. The van der Waals surface area contributed by atoms with Gasteiger partial charge < -0.3 is 19.3 Å². The predicted octanol–water partition coefficient (Wildman–Crippen LogP) is 0.0716. The van der Waals surface area contributed by atoms with E-state index in [0.29, 0.717) is 26.3 Å². The van der Waals surface area contributed by atoms with Crippen LogP contribution < -0.4 is 4.90 Å². The van der Waals surface area contributed by atoms with Crippen LogP contribution >= 0.6 is 0 Å². The summed E-state index contributed by atoms with van der Waals surface area (Å²) in [5, 5.41) is 0. The van der Waals surface area contributed by atoms with Crippen molar-refractivity contribution < 1.29 is 14.3 Å². The van der Waals surface area contributed by atoms with Crippen LogP contribution in [0.5, 0.6) is 0 Å². The van der Waals surface area contributed by atoms with E-state index in [1.54, 1.807) is 18.6 Å². The molecule has 0 saturated carbocycles. The van der Waals surface area contributed by atoms with Gasteiger partial charge in [0.25, 0.3) is 5.91 Å². The number of anilines is 1. The zero-order valence-electron chi connectivity index (χ0n) is 12.4. The fourth-order valence-corrected chi connectivity index (χ4v) is 3.57. The van der Waals surface area contributed by atoms with E-state index < -0.39 is 0 Å². The molecule has 1 amide bonds. The number of aromatic nitrogens is 2. The molecule has 0 bridgehead atoms. The van der Waals surface area contributed by atoms with Crippen molar-refractivity contribution in [3.63, 3.8) is 0 Å². The summed E-state index contributed by atoms with van der Waals surface area (Å²) >= 11 is 0. The molecule has 1 unspecified atom stereocenters. The van der Waals surface area contributed by atoms with Gasteiger partial charge in [-0.3, -0.25) is 9.78 Å². The van der Waals surface area contributed by atoms with Gasteiger partial charge in [-0.05, 0) is 12.8 Å². The number of carbonyl (C=O) groups excluding carboxylic acids is 1. The van der Waals surface area contributed by atoms with Crippen molar-refractivity contribution in [2.75, 3.05) is 37.7 Å². The lowest BCUT2D eigenvalue weighted by molar-refractivity contribution is -0.140. The Hall–Kier alpha value is -1.73. The van der Waals surface area contributed by atoms with Gasteiger partial charge in [-0.25, -0.2) is 4.98 Å². The van der Waals surface area contributed by atoms with Crippen LogP contribution in [0, 0.1) is 0 Å². The number of hydrogen-bond acceptors (Lipinski definition) is 6. The number of morpholine rings is 1. The molecular weight excluding hydrogens is 284 g/mol. The summed E-state index contributed by atoms with van der Waals surface area (Å²) in [5.41, 5.74) is 0. The highest BCUT2D eigenvalue weighted by atomic mass is 16.5. The molecule has 7 heteroatoms. The fourth-order valence-electron chi connectivity index (χ4n) is 3.57. The Labute approximate surface area is 129 Å². The highest BCUT2D eigenvalue weighted by molar-refractivity contribution is 5.81. The summed E-state index contributed by atoms with van der Waals surface area (Å²) in [4.78, 5) is 25.2. The largest absolute Gasteiger partial charge is 0.372 e. The highest BCUT2D eigenvalue weighted by Gasteiger charge is 2.44. The van der Waals surface area contributed by atoms with Crippen LogP contribution in [-0.4, -0.2) is 71.9 Å². The molecule has 0 aromatic carbocycles. The number of rotatable bonds is 2. The number of carbonyl (C=O) groups is 1. The maximum atomic E-state index is 12.5. The normalized spacial score (nSPS) is 31.4. The smallest absolute Gasteiger partial charge is 0.251 e. The van der Waals surface area contributed by atoms with Gasteiger partial charge in [0.1, 0.15) is 11.9 Å². The van der Waals surface area contributed by atoms with Crippen LogP contribution in [0.3, 0.4) is 0 Å². The molecule has 4 heterocycles. The van der Waals surface area contributed by atoms with Crippen LogP contribution in [0.4, 0.5) is 5.82 Å². The zero-order valence-corrected chi connectivity index (χ0v) is 12.4. The Balaban J connectivity index is 1.49. The molecule has 22 heavy (non-hydrogen) atoms. The molecule has 7 nitrogen and oxygen atoms in total. The minimum Gasteiger partial charge on any atom is -0.372 e. The Bertz CT molecular complexity index is 535. The van der Waals surface area contributed by atoms with Crippen molar-refractivity contribution in [2.24, 2.45) is 0 Å². The number of likely N-dealkylation sites (tertiary alicyclic amines) is 1. The molecule has 3 saturated heterocycles. The summed E-state index contributed by atoms with van der Waals surface area (Å²) in [7, 11) is 0. The second-order valence-electron chi connectivity index (χ2n) is 5.98. The van der Waals surface area contributed by atoms with Gasteiger partial charge in [0, 0.05) is 38.6 Å². The summed E-state index contributed by atoms with van der Waals surface area (Å²) in [6.07, 6.45) is 6.73. The number of hydrogen-bond donors (Lipinski definition) is 0. The fraction of sp³-hybridized carbons (Fsp3) is 0.667. The molecule has 1 aromatic rings. The molecule has 0 spiro atoms. The van der Waals surface area contributed by atoms with Crippen LogP contribution in [0.15, 0.2) is 18.6 Å². The van der Waals surface area contributed by atoms with Gasteiger partial charge in [0.2, 0.25) is 0 Å². The van der Waals surface area contributed by atoms with Crippen LogP contribution in [0.25, 0.3) is 0 Å². The lowest BCUT2D eigenvalue weighted by Crippen LogP contribution is -2.51. The first kappa shape index (κ1) is 13.9. The Morgan fingerprint density at radius 1 is 1.23 bits per heavy atom. The van der Waals surface area contributed by atoms with E-state index in [9.17, 15) is 4.79 Å². The maximum absolute atomic E-state index is 12.5. The van der Waals surface area contributed by atoms with E-state index in [-0.39, 0.29) is 24.2 Å². The Morgan fingerprint density at radius 3 is 2.95 bits per heavy atom. The van der Waals surface area contributed by atoms with Gasteiger partial charge in [-0.2, -0.15) is 0 Å². The number of nitrogens with zero attached hydrogens (tertiary/aromatic N) is 4. The molecule has 3 aliphatic heterocycles. The third-order valence-electron chi connectivity index (χ3n) is 4.66. The SMILES string of the molecule is O=C(C1CCCO1)N1C[C@@H]2OCCN(c3cnccn3)[C@@H]2C1. The zero-order chi connectivity index (χ0) is 14.9. The van der Waals surface area contributed by atoms with Crippen molar-refractivity contribution in [3.05, 3.63) is 18.6 Å². The molecule has 3 aliphatic rings. The standard InChI is InChI=1S/C15H20N4O3/c20-15(12-2-1-6-21-12)18-9-11-13(10-18)22-7-5-19(11)14-8-16-3-4-17-14/h3-4,8,11-13H,1-2,5-7,9-10H2/t11-,12?,13+/m1/s1. The summed E-state index contributed by atoms with van der Waals surface area (Å²) < 4.78 is 11.4. The van der Waals surface area contributed by atoms with E-state index in [1.165, 1.54) is 0 Å². The predicted molar refractivity (Wildman–Crippen MR) is 78.5 cm³/mol. The second-order valence-corrected chi connectivity index (χ2v) is 5.98. The monoisotopic (exact) mass is 304 g/mol. The summed E-state index contributed by atoms with van der Waals surface area (Å²) in [6.45, 7) is 3.43. The molecule has 0 radical (unpaired) electrons. The Kier molecular flexibility index (Phi) is 3.67. The molecular formula is C15H20N4O3. The molecule has 118 valence electrons. The van der Waals surface area contributed by atoms with Gasteiger partial charge in [-0.15, -0.1) is 0 Å². The number of fused-ring (bicyclic) bond motifs is 1. The lowest BCUT2D eigenvalue weighted by atomic mass is 10.1. The van der Waals surface area contributed by atoms with Crippen LogP contribution in [-0.2, 0) is 14.3 Å². The van der Waals surface area contributed by atoms with Gasteiger partial charge in [0.15, 0.2) is 0 Å². The third-order valence-corrected chi connectivity index (χ3v) is 4.66. The first-order chi connectivity index (χ1) is 10.8. The van der Waals surface area contributed by atoms with Crippen LogP contribution in [0.1, 0.15) is 12.8 Å². The summed E-state index contributed by atoms with van der Waals surface area (Å²) in [5.74, 6) is 0.960. The minimum atomic E-state index is -0.259. The van der Waals surface area contributed by atoms with Gasteiger partial charge in [-0.1, -0.05) is 0 Å². The number of ether oxygens (including phenoxy) is 2. The van der Waals surface area contributed by atoms with E-state index >= 15 is 0 Å². The maximum Gasteiger partial charge on any atom is 0.251 e. The topological polar surface area (TPSA) is 67.8 Å². The van der Waals surface area contributed by atoms with Crippen molar-refractivity contribution in [1.29, 1.82) is 0 Å². The van der Waals surface area contributed by atoms with Crippen molar-refractivity contribution >= 4 is 11.7 Å². The third kappa shape index (κ3) is 2.44. The molecule has 1 aromatic heterocycles. The molecule has 4 rings (SSSR count).